The van der Waals surface area contributed by atoms with Crippen molar-refractivity contribution < 1.29 is 14.3 Å². The maximum atomic E-state index is 12.0. The fourth-order valence-corrected chi connectivity index (χ4v) is 3.85. The van der Waals surface area contributed by atoms with Gasteiger partial charge in [0.05, 0.1) is 5.02 Å². The molecule has 1 heterocycles. The fourth-order valence-electron chi connectivity index (χ4n) is 3.34. The van der Waals surface area contributed by atoms with Crippen LogP contribution in [0.4, 0.5) is 4.79 Å². The van der Waals surface area contributed by atoms with Gasteiger partial charge in [-0.1, -0.05) is 77.8 Å². The van der Waals surface area contributed by atoms with E-state index < -0.39 is 6.09 Å². The molecule has 0 bridgehead atoms. The van der Waals surface area contributed by atoms with E-state index in [0.717, 1.165) is 28.0 Å². The Hall–Kier alpha value is -2.69. The minimum absolute atomic E-state index is 0.170. The largest absolute Gasteiger partial charge is 0.486 e. The minimum atomic E-state index is -0.464. The van der Waals surface area contributed by atoms with Crippen LogP contribution in [0.1, 0.15) is 11.1 Å². The zero-order chi connectivity index (χ0) is 20.2. The standard InChI is InChI=1S/C23H19Cl2NO3/c24-17-9-10-19(21(25)12-17)20-8-4-7-16-11-18(29-22(16)20)14-28-23(27)26-13-15-5-2-1-3-6-15/h1-10,12,18H,11,13-14H2,(H,26,27). The van der Waals surface area contributed by atoms with Gasteiger partial charge in [0.2, 0.25) is 0 Å². The molecule has 6 heteroatoms. The molecule has 1 atom stereocenters. The van der Waals surface area contributed by atoms with E-state index in [2.05, 4.69) is 5.32 Å². The summed E-state index contributed by atoms with van der Waals surface area (Å²) in [5.41, 5.74) is 3.83. The molecular weight excluding hydrogens is 409 g/mol. The third kappa shape index (κ3) is 4.66. The zero-order valence-electron chi connectivity index (χ0n) is 15.5. The third-order valence-electron chi connectivity index (χ3n) is 4.73. The molecule has 0 saturated carbocycles. The molecule has 3 aromatic rings. The van der Waals surface area contributed by atoms with Crippen LogP contribution in [0.3, 0.4) is 0 Å². The van der Waals surface area contributed by atoms with Crippen molar-refractivity contribution in [3.05, 3.63) is 87.9 Å². The number of halogens is 2. The molecule has 148 valence electrons. The Kier molecular flexibility index (Phi) is 5.93. The van der Waals surface area contributed by atoms with Gasteiger partial charge in [0.15, 0.2) is 0 Å². The highest BCUT2D eigenvalue weighted by atomic mass is 35.5. The average molecular weight is 428 g/mol. The van der Waals surface area contributed by atoms with Gasteiger partial charge >= 0.3 is 6.09 Å². The number of carbonyl (C=O) groups is 1. The highest BCUT2D eigenvalue weighted by Crippen LogP contribution is 2.41. The summed E-state index contributed by atoms with van der Waals surface area (Å²) in [6, 6.07) is 21.0. The normalized spacial score (nSPS) is 14.8. The number of benzene rings is 3. The monoisotopic (exact) mass is 427 g/mol. The Morgan fingerprint density at radius 3 is 2.66 bits per heavy atom. The first kappa shape index (κ1) is 19.6. The van der Waals surface area contributed by atoms with Gasteiger partial charge in [-0.3, -0.25) is 0 Å². The number of nitrogens with one attached hydrogen (secondary N) is 1. The Morgan fingerprint density at radius 2 is 1.86 bits per heavy atom. The van der Waals surface area contributed by atoms with Crippen molar-refractivity contribution in [1.29, 1.82) is 0 Å². The van der Waals surface area contributed by atoms with Gasteiger partial charge in [0, 0.05) is 29.1 Å². The SMILES string of the molecule is O=C(NCc1ccccc1)OCC1Cc2cccc(-c3ccc(Cl)cc3Cl)c2O1. The van der Waals surface area contributed by atoms with E-state index >= 15 is 0 Å². The van der Waals surface area contributed by atoms with Crippen LogP contribution in [-0.4, -0.2) is 18.8 Å². The van der Waals surface area contributed by atoms with Gasteiger partial charge in [-0.25, -0.2) is 4.79 Å². The second-order valence-electron chi connectivity index (χ2n) is 6.80. The van der Waals surface area contributed by atoms with Crippen molar-refractivity contribution in [3.63, 3.8) is 0 Å². The van der Waals surface area contributed by atoms with E-state index in [1.165, 1.54) is 0 Å². The molecule has 1 aliphatic rings. The smallest absolute Gasteiger partial charge is 0.407 e. The molecule has 0 spiro atoms. The molecule has 1 unspecified atom stereocenters. The fraction of sp³-hybridized carbons (Fsp3) is 0.174. The summed E-state index contributed by atoms with van der Waals surface area (Å²) in [7, 11) is 0. The molecule has 1 amide bonds. The van der Waals surface area contributed by atoms with Gasteiger partial charge in [0.25, 0.3) is 0 Å². The summed E-state index contributed by atoms with van der Waals surface area (Å²) in [4.78, 5) is 12.0. The third-order valence-corrected chi connectivity index (χ3v) is 5.28. The van der Waals surface area contributed by atoms with Crippen LogP contribution in [0.5, 0.6) is 5.75 Å². The second-order valence-corrected chi connectivity index (χ2v) is 7.64. The molecule has 4 nitrogen and oxygen atoms in total. The number of amides is 1. The lowest BCUT2D eigenvalue weighted by molar-refractivity contribution is 0.0924. The molecule has 29 heavy (non-hydrogen) atoms. The van der Waals surface area contributed by atoms with Crippen LogP contribution >= 0.6 is 23.2 Å². The van der Waals surface area contributed by atoms with Crippen LogP contribution < -0.4 is 10.1 Å². The predicted octanol–water partition coefficient (Wildman–Crippen LogP) is 5.89. The maximum absolute atomic E-state index is 12.0. The van der Waals surface area contributed by atoms with E-state index in [0.29, 0.717) is 23.0 Å². The van der Waals surface area contributed by atoms with E-state index in [4.69, 9.17) is 32.7 Å². The van der Waals surface area contributed by atoms with Crippen molar-refractivity contribution in [2.45, 2.75) is 19.1 Å². The lowest BCUT2D eigenvalue weighted by Gasteiger charge is -2.14. The molecule has 3 aromatic carbocycles. The van der Waals surface area contributed by atoms with Crippen LogP contribution in [0, 0.1) is 0 Å². The molecule has 0 fully saturated rings. The minimum Gasteiger partial charge on any atom is -0.486 e. The quantitative estimate of drug-likeness (QED) is 0.551. The first-order valence-corrected chi connectivity index (χ1v) is 10.0. The highest BCUT2D eigenvalue weighted by Gasteiger charge is 2.27. The molecule has 1 N–H and O–H groups in total. The van der Waals surface area contributed by atoms with Crippen molar-refractivity contribution in [2.24, 2.45) is 0 Å². The van der Waals surface area contributed by atoms with E-state index in [9.17, 15) is 4.79 Å². The van der Waals surface area contributed by atoms with Gasteiger partial charge in [-0.15, -0.1) is 0 Å². The van der Waals surface area contributed by atoms with Crippen LogP contribution in [0.25, 0.3) is 11.1 Å². The maximum Gasteiger partial charge on any atom is 0.407 e. The van der Waals surface area contributed by atoms with Crippen LogP contribution in [0.15, 0.2) is 66.7 Å². The summed E-state index contributed by atoms with van der Waals surface area (Å²) in [6.07, 6.45) is -0.0329. The number of para-hydroxylation sites is 1. The number of ether oxygens (including phenoxy) is 2. The molecule has 0 radical (unpaired) electrons. The Morgan fingerprint density at radius 1 is 1.03 bits per heavy atom. The molecule has 4 rings (SSSR count). The number of fused-ring (bicyclic) bond motifs is 1. The van der Waals surface area contributed by atoms with Gasteiger partial charge in [0.1, 0.15) is 18.5 Å². The van der Waals surface area contributed by atoms with Gasteiger partial charge in [-0.05, 0) is 23.3 Å². The number of rotatable bonds is 5. The first-order chi connectivity index (χ1) is 14.1. The van der Waals surface area contributed by atoms with E-state index in [1.54, 1.807) is 12.1 Å². The summed E-state index contributed by atoms with van der Waals surface area (Å²) in [5, 5.41) is 3.90. The van der Waals surface area contributed by atoms with Crippen LogP contribution in [0.2, 0.25) is 10.0 Å². The molecule has 0 aliphatic carbocycles. The van der Waals surface area contributed by atoms with Crippen molar-refractivity contribution in [2.75, 3.05) is 6.61 Å². The first-order valence-electron chi connectivity index (χ1n) is 9.28. The Balaban J connectivity index is 1.37. The molecule has 0 saturated heterocycles. The Labute approximate surface area is 179 Å². The summed E-state index contributed by atoms with van der Waals surface area (Å²) in [5.74, 6) is 0.773. The number of hydrogen-bond acceptors (Lipinski definition) is 3. The zero-order valence-corrected chi connectivity index (χ0v) is 17.0. The summed E-state index contributed by atoms with van der Waals surface area (Å²) >= 11 is 12.4. The average Bonchev–Trinajstić information content (AvgIpc) is 3.15. The topological polar surface area (TPSA) is 47.6 Å². The molecule has 1 aliphatic heterocycles. The molecule has 0 aromatic heterocycles. The van der Waals surface area contributed by atoms with Crippen LogP contribution in [-0.2, 0) is 17.7 Å². The second kappa shape index (κ2) is 8.76. The van der Waals surface area contributed by atoms with Crippen molar-refractivity contribution >= 4 is 29.3 Å². The van der Waals surface area contributed by atoms with Gasteiger partial charge in [-0.2, -0.15) is 0 Å². The van der Waals surface area contributed by atoms with Crippen molar-refractivity contribution in [3.8, 4) is 16.9 Å². The van der Waals surface area contributed by atoms with Gasteiger partial charge < -0.3 is 14.8 Å². The number of alkyl carbamates (subject to hydrolysis) is 1. The number of hydrogen-bond donors (Lipinski definition) is 1. The lowest BCUT2D eigenvalue weighted by Crippen LogP contribution is -2.29. The summed E-state index contributed by atoms with van der Waals surface area (Å²) < 4.78 is 11.4. The van der Waals surface area contributed by atoms with E-state index in [-0.39, 0.29) is 12.7 Å². The van der Waals surface area contributed by atoms with Crippen molar-refractivity contribution in [1.82, 2.24) is 5.32 Å². The lowest BCUT2D eigenvalue weighted by atomic mass is 10.0. The Bertz CT molecular complexity index is 1020. The summed E-state index contributed by atoms with van der Waals surface area (Å²) in [6.45, 7) is 0.591. The predicted molar refractivity (Wildman–Crippen MR) is 115 cm³/mol. The van der Waals surface area contributed by atoms with E-state index in [1.807, 2.05) is 54.6 Å². The molecular formula is C23H19Cl2NO3. The number of carbonyl (C=O) groups excluding carboxylic acids is 1. The highest BCUT2D eigenvalue weighted by molar-refractivity contribution is 6.36.